The highest BCUT2D eigenvalue weighted by atomic mass is 79.9. The van der Waals surface area contributed by atoms with Gasteiger partial charge in [0, 0.05) is 18.1 Å². The summed E-state index contributed by atoms with van der Waals surface area (Å²) < 4.78 is 13.3. The fourth-order valence-electron chi connectivity index (χ4n) is 1.32. The molecule has 3 nitrogen and oxygen atoms in total. The second kappa shape index (κ2) is 5.46. The van der Waals surface area contributed by atoms with Crippen LogP contribution < -0.4 is 5.32 Å². The van der Waals surface area contributed by atoms with Crippen LogP contribution in [-0.4, -0.2) is 10.9 Å². The summed E-state index contributed by atoms with van der Waals surface area (Å²) in [5.74, 6) is -0.793. The Kier molecular flexibility index (Phi) is 3.93. The molecule has 0 aliphatic rings. The number of anilines is 1. The van der Waals surface area contributed by atoms with Crippen molar-refractivity contribution in [3.8, 4) is 0 Å². The van der Waals surface area contributed by atoms with Gasteiger partial charge in [-0.15, -0.1) is 0 Å². The highest BCUT2D eigenvalue weighted by Crippen LogP contribution is 2.21. The maximum Gasteiger partial charge on any atom is 0.258 e. The van der Waals surface area contributed by atoms with Crippen LogP contribution in [0.1, 0.15) is 10.4 Å². The molecule has 0 aliphatic heterocycles. The molecule has 6 heteroatoms. The number of pyridine rings is 1. The number of hydrogen-bond acceptors (Lipinski definition) is 2. The van der Waals surface area contributed by atoms with Gasteiger partial charge in [0.1, 0.15) is 5.82 Å². The minimum absolute atomic E-state index is 0.264. The molecule has 0 atom stereocenters. The lowest BCUT2D eigenvalue weighted by molar-refractivity contribution is 0.102. The first-order valence-corrected chi connectivity index (χ1v) is 6.11. The topological polar surface area (TPSA) is 42.0 Å². The number of aromatic nitrogens is 1. The monoisotopic (exact) mass is 328 g/mol. The summed E-state index contributed by atoms with van der Waals surface area (Å²) in [4.78, 5) is 15.7. The number of halogens is 3. The van der Waals surface area contributed by atoms with Gasteiger partial charge in [-0.2, -0.15) is 0 Å². The van der Waals surface area contributed by atoms with Gasteiger partial charge in [0.05, 0.1) is 15.1 Å². The lowest BCUT2D eigenvalue weighted by Crippen LogP contribution is -2.12. The summed E-state index contributed by atoms with van der Waals surface area (Å²) in [5, 5.41) is 2.92. The Hall–Kier alpha value is -1.46. The SMILES string of the molecule is O=C(Nc1ccc(F)c(Br)c1)c1cnccc1Cl. The van der Waals surface area contributed by atoms with Gasteiger partial charge in [0.25, 0.3) is 5.91 Å². The zero-order valence-corrected chi connectivity index (χ0v) is 11.3. The maximum absolute atomic E-state index is 13.0. The van der Waals surface area contributed by atoms with Crippen LogP contribution >= 0.6 is 27.5 Å². The van der Waals surface area contributed by atoms with E-state index in [0.717, 1.165) is 0 Å². The van der Waals surface area contributed by atoms with E-state index in [-0.39, 0.29) is 10.0 Å². The quantitative estimate of drug-likeness (QED) is 0.908. The largest absolute Gasteiger partial charge is 0.322 e. The molecule has 0 saturated heterocycles. The van der Waals surface area contributed by atoms with Crippen LogP contribution in [0.2, 0.25) is 5.02 Å². The van der Waals surface area contributed by atoms with Crippen LogP contribution in [0.3, 0.4) is 0 Å². The molecule has 0 fully saturated rings. The van der Waals surface area contributed by atoms with E-state index >= 15 is 0 Å². The molecule has 18 heavy (non-hydrogen) atoms. The van der Waals surface area contributed by atoms with Crippen LogP contribution in [0.5, 0.6) is 0 Å². The van der Waals surface area contributed by atoms with Gasteiger partial charge in [0.15, 0.2) is 0 Å². The van der Waals surface area contributed by atoms with E-state index in [0.29, 0.717) is 10.7 Å². The van der Waals surface area contributed by atoms with E-state index in [2.05, 4.69) is 26.2 Å². The summed E-state index contributed by atoms with van der Waals surface area (Å²) in [6.45, 7) is 0. The van der Waals surface area contributed by atoms with Gasteiger partial charge in [-0.3, -0.25) is 9.78 Å². The van der Waals surface area contributed by atoms with Crippen molar-refractivity contribution in [3.05, 3.63) is 57.5 Å². The second-order valence-electron chi connectivity index (χ2n) is 3.44. The van der Waals surface area contributed by atoms with Crippen molar-refractivity contribution in [1.82, 2.24) is 4.98 Å². The predicted molar refractivity (Wildman–Crippen MR) is 71.3 cm³/mol. The highest BCUT2D eigenvalue weighted by molar-refractivity contribution is 9.10. The molecule has 2 aromatic rings. The van der Waals surface area contributed by atoms with E-state index in [1.54, 1.807) is 0 Å². The van der Waals surface area contributed by atoms with Gasteiger partial charge in [0.2, 0.25) is 0 Å². The number of hydrogen-bond donors (Lipinski definition) is 1. The second-order valence-corrected chi connectivity index (χ2v) is 4.70. The van der Waals surface area contributed by atoms with E-state index in [4.69, 9.17) is 11.6 Å². The van der Waals surface area contributed by atoms with E-state index < -0.39 is 11.7 Å². The van der Waals surface area contributed by atoms with Crippen LogP contribution in [0.15, 0.2) is 41.1 Å². The molecule has 0 saturated carbocycles. The first kappa shape index (κ1) is 13.0. The summed E-state index contributed by atoms with van der Waals surface area (Å²) >= 11 is 8.91. The van der Waals surface area contributed by atoms with Crippen molar-refractivity contribution in [1.29, 1.82) is 0 Å². The minimum Gasteiger partial charge on any atom is -0.322 e. The molecular formula is C12H7BrClFN2O. The summed E-state index contributed by atoms with van der Waals surface area (Å²) in [6, 6.07) is 5.71. The summed E-state index contributed by atoms with van der Waals surface area (Å²) in [6.07, 6.45) is 2.86. The third kappa shape index (κ3) is 2.86. The standard InChI is InChI=1S/C12H7BrClFN2O/c13-9-5-7(1-2-11(9)15)17-12(18)8-6-16-4-3-10(8)14/h1-6H,(H,17,18). The first-order valence-electron chi connectivity index (χ1n) is 4.94. The molecule has 1 aromatic heterocycles. The van der Waals surface area contributed by atoms with Crippen LogP contribution in [0.4, 0.5) is 10.1 Å². The molecule has 0 bridgehead atoms. The molecule has 0 unspecified atom stereocenters. The Morgan fingerprint density at radius 2 is 2.17 bits per heavy atom. The number of nitrogens with one attached hydrogen (secondary N) is 1. The molecular weight excluding hydrogens is 322 g/mol. The fraction of sp³-hybridized carbons (Fsp3) is 0. The van der Waals surface area contributed by atoms with Crippen LogP contribution in [0.25, 0.3) is 0 Å². The van der Waals surface area contributed by atoms with Gasteiger partial charge in [-0.05, 0) is 40.2 Å². The third-order valence-corrected chi connectivity index (χ3v) is 3.13. The van der Waals surface area contributed by atoms with E-state index in [1.165, 1.54) is 36.7 Å². The smallest absolute Gasteiger partial charge is 0.258 e. The van der Waals surface area contributed by atoms with Gasteiger partial charge >= 0.3 is 0 Å². The molecule has 1 N–H and O–H groups in total. The van der Waals surface area contributed by atoms with Gasteiger partial charge in [-0.1, -0.05) is 11.6 Å². The van der Waals surface area contributed by atoms with Crippen molar-refractivity contribution in [2.75, 3.05) is 5.32 Å². The zero-order chi connectivity index (χ0) is 13.1. The molecule has 0 radical (unpaired) electrons. The normalized spacial score (nSPS) is 10.2. The van der Waals surface area contributed by atoms with Crippen LogP contribution in [-0.2, 0) is 0 Å². The molecule has 2 rings (SSSR count). The van der Waals surface area contributed by atoms with Crippen molar-refractivity contribution in [2.24, 2.45) is 0 Å². The van der Waals surface area contributed by atoms with Crippen molar-refractivity contribution in [3.63, 3.8) is 0 Å². The Morgan fingerprint density at radius 1 is 1.39 bits per heavy atom. The highest BCUT2D eigenvalue weighted by Gasteiger charge is 2.11. The molecule has 0 spiro atoms. The maximum atomic E-state index is 13.0. The summed E-state index contributed by atoms with van der Waals surface area (Å²) in [5.41, 5.74) is 0.729. The van der Waals surface area contributed by atoms with Gasteiger partial charge in [-0.25, -0.2) is 4.39 Å². The molecule has 1 heterocycles. The summed E-state index contributed by atoms with van der Waals surface area (Å²) in [7, 11) is 0. The Morgan fingerprint density at radius 3 is 2.83 bits per heavy atom. The number of amides is 1. The molecule has 92 valence electrons. The molecule has 1 amide bonds. The number of benzene rings is 1. The Balaban J connectivity index is 2.22. The van der Waals surface area contributed by atoms with Gasteiger partial charge < -0.3 is 5.32 Å². The van der Waals surface area contributed by atoms with Crippen molar-refractivity contribution < 1.29 is 9.18 Å². The fourth-order valence-corrected chi connectivity index (χ4v) is 1.89. The number of nitrogens with zero attached hydrogens (tertiary/aromatic N) is 1. The van der Waals surface area contributed by atoms with Crippen molar-refractivity contribution >= 4 is 39.1 Å². The predicted octanol–water partition coefficient (Wildman–Crippen LogP) is 3.89. The number of carbonyl (C=O) groups is 1. The average molecular weight is 330 g/mol. The van der Waals surface area contributed by atoms with E-state index in [1.807, 2.05) is 0 Å². The number of rotatable bonds is 2. The number of carbonyl (C=O) groups excluding carboxylic acids is 1. The first-order chi connectivity index (χ1) is 8.58. The van der Waals surface area contributed by atoms with Crippen molar-refractivity contribution in [2.45, 2.75) is 0 Å². The lowest BCUT2D eigenvalue weighted by atomic mass is 10.2. The molecule has 1 aromatic carbocycles. The Bertz CT molecular complexity index is 606. The Labute approximate surface area is 116 Å². The van der Waals surface area contributed by atoms with Crippen LogP contribution in [0, 0.1) is 5.82 Å². The average Bonchev–Trinajstić information content (AvgIpc) is 2.34. The lowest BCUT2D eigenvalue weighted by Gasteiger charge is -2.06. The minimum atomic E-state index is -0.397. The van der Waals surface area contributed by atoms with E-state index in [9.17, 15) is 9.18 Å². The molecule has 0 aliphatic carbocycles. The zero-order valence-electron chi connectivity index (χ0n) is 8.95. The third-order valence-electron chi connectivity index (χ3n) is 2.19.